The molecule has 0 bridgehead atoms. The molecule has 0 aromatic heterocycles. The predicted octanol–water partition coefficient (Wildman–Crippen LogP) is 4.06. The number of rotatable bonds is 5. The summed E-state index contributed by atoms with van der Waals surface area (Å²) >= 11 is 6.16. The fourth-order valence-corrected chi connectivity index (χ4v) is 2.75. The lowest BCUT2D eigenvalue weighted by atomic mass is 10.1. The highest BCUT2D eigenvalue weighted by Gasteiger charge is 2.17. The van der Waals surface area contributed by atoms with E-state index in [-0.39, 0.29) is 13.4 Å². The Morgan fingerprint density at radius 1 is 1.21 bits per heavy atom. The van der Waals surface area contributed by atoms with Crippen LogP contribution in [0.25, 0.3) is 0 Å². The van der Waals surface area contributed by atoms with Gasteiger partial charge in [-0.2, -0.15) is 5.26 Å². The molecule has 0 radical (unpaired) electrons. The average molecular weight is 346 g/mol. The quantitative estimate of drug-likeness (QED) is 0.818. The molecule has 0 fully saturated rings. The van der Waals surface area contributed by atoms with Gasteiger partial charge in [0, 0.05) is 22.2 Å². The summed E-state index contributed by atoms with van der Waals surface area (Å²) in [6, 6.07) is 10.8. The van der Waals surface area contributed by atoms with Crippen molar-refractivity contribution in [3.63, 3.8) is 0 Å². The molecule has 1 aliphatic heterocycles. The Balaban J connectivity index is 1.84. The molecule has 0 unspecified atom stereocenters. The van der Waals surface area contributed by atoms with Crippen LogP contribution in [-0.4, -0.2) is 13.4 Å². The fourth-order valence-electron chi connectivity index (χ4n) is 2.48. The zero-order valence-corrected chi connectivity index (χ0v) is 13.9. The topological polar surface area (TPSA) is 60.7 Å². The monoisotopic (exact) mass is 345 g/mol. The molecule has 124 valence electrons. The molecule has 3 rings (SSSR count). The van der Waals surface area contributed by atoms with Crippen LogP contribution < -0.4 is 14.2 Å². The largest absolute Gasteiger partial charge is 0.490 e. The standard InChI is InChI=1S/C18H16ClNO4/c1-2-22-17-5-12(8-20)3-4-16(17)23-10-14-7-15(19)6-13-9-21-11-24-18(13)14/h3-7H,2,9-11H2,1H3. The zero-order chi connectivity index (χ0) is 16.9. The van der Waals surface area contributed by atoms with Gasteiger partial charge in [-0.3, -0.25) is 0 Å². The molecule has 24 heavy (non-hydrogen) atoms. The molecule has 2 aromatic rings. The lowest BCUT2D eigenvalue weighted by Crippen LogP contribution is -2.14. The van der Waals surface area contributed by atoms with Crippen molar-refractivity contribution in [1.29, 1.82) is 5.26 Å². The van der Waals surface area contributed by atoms with Crippen LogP contribution >= 0.6 is 11.6 Å². The number of fused-ring (bicyclic) bond motifs is 1. The minimum Gasteiger partial charge on any atom is -0.490 e. The lowest BCUT2D eigenvalue weighted by molar-refractivity contribution is -0.0175. The Morgan fingerprint density at radius 3 is 2.88 bits per heavy atom. The first kappa shape index (κ1) is 16.4. The van der Waals surface area contributed by atoms with Crippen molar-refractivity contribution in [2.24, 2.45) is 0 Å². The molecule has 2 aromatic carbocycles. The molecular formula is C18H16ClNO4. The molecule has 0 saturated heterocycles. The van der Waals surface area contributed by atoms with E-state index in [4.69, 9.17) is 35.8 Å². The van der Waals surface area contributed by atoms with E-state index in [2.05, 4.69) is 6.07 Å². The van der Waals surface area contributed by atoms with Gasteiger partial charge in [-0.15, -0.1) is 0 Å². The van der Waals surface area contributed by atoms with Gasteiger partial charge in [0.15, 0.2) is 18.3 Å². The first-order valence-corrected chi connectivity index (χ1v) is 7.90. The first-order chi connectivity index (χ1) is 11.7. The highest BCUT2D eigenvalue weighted by atomic mass is 35.5. The maximum Gasteiger partial charge on any atom is 0.189 e. The molecule has 1 heterocycles. The molecular weight excluding hydrogens is 330 g/mol. The maximum absolute atomic E-state index is 9.00. The van der Waals surface area contributed by atoms with Crippen molar-refractivity contribution in [1.82, 2.24) is 0 Å². The van der Waals surface area contributed by atoms with Gasteiger partial charge in [-0.1, -0.05) is 11.6 Å². The van der Waals surface area contributed by atoms with Crippen molar-refractivity contribution in [3.05, 3.63) is 52.0 Å². The summed E-state index contributed by atoms with van der Waals surface area (Å²) < 4.78 is 22.3. The van der Waals surface area contributed by atoms with Gasteiger partial charge in [0.1, 0.15) is 12.4 Å². The molecule has 6 heteroatoms. The van der Waals surface area contributed by atoms with E-state index < -0.39 is 0 Å². The number of benzene rings is 2. The summed E-state index contributed by atoms with van der Waals surface area (Å²) in [5, 5.41) is 9.61. The van der Waals surface area contributed by atoms with Crippen molar-refractivity contribution in [3.8, 4) is 23.3 Å². The van der Waals surface area contributed by atoms with Crippen LogP contribution in [-0.2, 0) is 18.0 Å². The van der Waals surface area contributed by atoms with Crippen LogP contribution in [0.3, 0.4) is 0 Å². The van der Waals surface area contributed by atoms with Gasteiger partial charge < -0.3 is 18.9 Å². The number of hydrogen-bond donors (Lipinski definition) is 0. The van der Waals surface area contributed by atoms with E-state index in [1.165, 1.54) is 0 Å². The second-order valence-electron chi connectivity index (χ2n) is 5.16. The molecule has 0 spiro atoms. The van der Waals surface area contributed by atoms with E-state index in [1.54, 1.807) is 18.2 Å². The summed E-state index contributed by atoms with van der Waals surface area (Å²) in [6.07, 6.45) is 0. The SMILES string of the molecule is CCOc1cc(C#N)ccc1OCc1cc(Cl)cc2c1OCOC2. The van der Waals surface area contributed by atoms with E-state index in [9.17, 15) is 0 Å². The van der Waals surface area contributed by atoms with Crippen LogP contribution in [0.1, 0.15) is 23.6 Å². The van der Waals surface area contributed by atoms with Gasteiger partial charge in [0.05, 0.1) is 24.8 Å². The van der Waals surface area contributed by atoms with Crippen molar-refractivity contribution in [2.75, 3.05) is 13.4 Å². The molecule has 5 nitrogen and oxygen atoms in total. The van der Waals surface area contributed by atoms with Crippen molar-refractivity contribution >= 4 is 11.6 Å². The van der Waals surface area contributed by atoms with Gasteiger partial charge in [-0.05, 0) is 31.2 Å². The second kappa shape index (κ2) is 7.43. The Kier molecular flexibility index (Phi) is 5.09. The van der Waals surface area contributed by atoms with Gasteiger partial charge in [-0.25, -0.2) is 0 Å². The van der Waals surface area contributed by atoms with Gasteiger partial charge in [0.2, 0.25) is 0 Å². The smallest absolute Gasteiger partial charge is 0.189 e. The number of nitriles is 1. The molecule has 0 amide bonds. The zero-order valence-electron chi connectivity index (χ0n) is 13.2. The minimum absolute atomic E-state index is 0.211. The number of halogens is 1. The van der Waals surface area contributed by atoms with E-state index in [1.807, 2.05) is 19.1 Å². The van der Waals surface area contributed by atoms with Gasteiger partial charge >= 0.3 is 0 Å². The third-order valence-corrected chi connectivity index (χ3v) is 3.73. The van der Waals surface area contributed by atoms with E-state index >= 15 is 0 Å². The van der Waals surface area contributed by atoms with Crippen molar-refractivity contribution < 1.29 is 18.9 Å². The highest BCUT2D eigenvalue weighted by Crippen LogP contribution is 2.34. The number of hydrogen-bond acceptors (Lipinski definition) is 5. The van der Waals surface area contributed by atoms with E-state index in [0.717, 1.165) is 16.9 Å². The second-order valence-corrected chi connectivity index (χ2v) is 5.60. The lowest BCUT2D eigenvalue weighted by Gasteiger charge is -2.21. The van der Waals surface area contributed by atoms with Crippen LogP contribution in [0.2, 0.25) is 5.02 Å². The molecule has 0 saturated carbocycles. The van der Waals surface area contributed by atoms with Gasteiger partial charge in [0.25, 0.3) is 0 Å². The summed E-state index contributed by atoms with van der Waals surface area (Å²) in [7, 11) is 0. The maximum atomic E-state index is 9.00. The molecule has 0 atom stereocenters. The van der Waals surface area contributed by atoms with Crippen molar-refractivity contribution in [2.45, 2.75) is 20.1 Å². The van der Waals surface area contributed by atoms with Crippen LogP contribution in [0.15, 0.2) is 30.3 Å². The first-order valence-electron chi connectivity index (χ1n) is 7.53. The molecule has 0 N–H and O–H groups in total. The Morgan fingerprint density at radius 2 is 2.08 bits per heavy atom. The minimum atomic E-state index is 0.211. The summed E-state index contributed by atoms with van der Waals surface area (Å²) in [4.78, 5) is 0. The molecule has 0 aliphatic carbocycles. The molecule has 1 aliphatic rings. The normalized spacial score (nSPS) is 12.7. The number of nitrogens with zero attached hydrogens (tertiary/aromatic N) is 1. The third-order valence-electron chi connectivity index (χ3n) is 3.51. The summed E-state index contributed by atoms with van der Waals surface area (Å²) in [5.41, 5.74) is 2.26. The van der Waals surface area contributed by atoms with Crippen LogP contribution in [0, 0.1) is 11.3 Å². The Bertz CT molecular complexity index is 785. The summed E-state index contributed by atoms with van der Waals surface area (Å²) in [6.45, 7) is 3.31. The Labute approximate surface area is 145 Å². The third kappa shape index (κ3) is 3.56. The number of ether oxygens (including phenoxy) is 4. The summed E-state index contributed by atoms with van der Waals surface area (Å²) in [5.74, 6) is 1.85. The Hall–Kier alpha value is -2.42. The van der Waals surface area contributed by atoms with E-state index in [0.29, 0.717) is 35.3 Å². The van der Waals surface area contributed by atoms with Crippen LogP contribution in [0.4, 0.5) is 0 Å². The average Bonchev–Trinajstić information content (AvgIpc) is 2.60. The fraction of sp³-hybridized carbons (Fsp3) is 0.278. The predicted molar refractivity (Wildman–Crippen MR) is 88.4 cm³/mol. The highest BCUT2D eigenvalue weighted by molar-refractivity contribution is 6.30. The van der Waals surface area contributed by atoms with Crippen LogP contribution in [0.5, 0.6) is 17.2 Å².